The SMILES string of the molecule is C[C@@H]1C[C@H]2[C@@H]3CCC4=CC(=O)C=C[C@]4(C)[C@@]3(F)[C@@H](O)C[C@]2(C)[C@@]1(O)C(=O)COC(=O)C(C)(C)C=S. The van der Waals surface area contributed by atoms with Crippen LogP contribution in [0.1, 0.15) is 60.3 Å². The maximum atomic E-state index is 17.2. The molecule has 35 heavy (non-hydrogen) atoms. The van der Waals surface area contributed by atoms with E-state index in [4.69, 9.17) is 17.0 Å². The standard InChI is InChI=1S/C27H35FO6S/c1-15-10-19-18-7-6-16-11-17(29)8-9-24(16,4)26(18,28)20(30)12-25(19,5)27(15,33)21(31)13-34-22(32)23(2,3)14-35/h8-9,11,14-15,18-20,30,33H,6-7,10,12-13H2,1-5H3/t15-,18+,19+,20+,24+,25+,26+,27+/m1/s1. The lowest BCUT2D eigenvalue weighted by molar-refractivity contribution is -0.220. The van der Waals surface area contributed by atoms with Crippen molar-refractivity contribution < 1.29 is 33.7 Å². The van der Waals surface area contributed by atoms with Gasteiger partial charge in [-0.05, 0) is 75.8 Å². The van der Waals surface area contributed by atoms with Crippen molar-refractivity contribution >= 4 is 35.1 Å². The highest BCUT2D eigenvalue weighted by Gasteiger charge is 2.75. The molecule has 0 unspecified atom stereocenters. The number of rotatable bonds is 5. The number of hydrogen-bond acceptors (Lipinski definition) is 7. The minimum Gasteiger partial charge on any atom is -0.457 e. The van der Waals surface area contributed by atoms with Crippen molar-refractivity contribution in [3.8, 4) is 0 Å². The van der Waals surface area contributed by atoms with Gasteiger partial charge >= 0.3 is 5.97 Å². The van der Waals surface area contributed by atoms with Gasteiger partial charge < -0.3 is 14.9 Å². The van der Waals surface area contributed by atoms with Crippen LogP contribution in [0.3, 0.4) is 0 Å². The summed E-state index contributed by atoms with van der Waals surface area (Å²) in [6, 6.07) is 0. The molecule has 0 bridgehead atoms. The van der Waals surface area contributed by atoms with Gasteiger partial charge in [0, 0.05) is 16.7 Å². The average Bonchev–Trinajstić information content (AvgIpc) is 3.00. The number of aliphatic hydroxyl groups excluding tert-OH is 1. The lowest BCUT2D eigenvalue weighted by Crippen LogP contribution is -2.69. The molecule has 192 valence electrons. The average molecular weight is 507 g/mol. The number of carbonyl (C=O) groups excluding carboxylic acids is 3. The molecule has 4 aliphatic carbocycles. The van der Waals surface area contributed by atoms with Crippen molar-refractivity contribution in [1.29, 1.82) is 0 Å². The summed E-state index contributed by atoms with van der Waals surface area (Å²) in [5, 5.41) is 24.5. The Morgan fingerprint density at radius 1 is 1.31 bits per heavy atom. The van der Waals surface area contributed by atoms with Crippen LogP contribution in [0.15, 0.2) is 23.8 Å². The molecule has 0 amide bonds. The molecular formula is C27H35FO6S. The van der Waals surface area contributed by atoms with Crippen LogP contribution in [0.2, 0.25) is 0 Å². The molecule has 0 aromatic heterocycles. The summed E-state index contributed by atoms with van der Waals surface area (Å²) in [7, 11) is 0. The number of halogens is 1. The molecule has 0 aromatic carbocycles. The summed E-state index contributed by atoms with van der Waals surface area (Å²) >= 11 is 4.87. The number of alkyl halides is 1. The molecule has 4 aliphatic rings. The highest BCUT2D eigenvalue weighted by Crippen LogP contribution is 2.70. The number of ether oxygens (including phenoxy) is 1. The Hall–Kier alpha value is -1.77. The molecule has 6 nitrogen and oxygen atoms in total. The van der Waals surface area contributed by atoms with Crippen LogP contribution in [0.25, 0.3) is 0 Å². The summed E-state index contributed by atoms with van der Waals surface area (Å²) in [5.41, 5.74) is -6.56. The Morgan fingerprint density at radius 2 is 1.97 bits per heavy atom. The van der Waals surface area contributed by atoms with Gasteiger partial charge in [0.15, 0.2) is 18.1 Å². The van der Waals surface area contributed by atoms with Crippen LogP contribution in [0.4, 0.5) is 4.39 Å². The minimum atomic E-state index is -2.04. The van der Waals surface area contributed by atoms with Crippen LogP contribution in [0, 0.1) is 34.0 Å². The Balaban J connectivity index is 1.67. The monoisotopic (exact) mass is 506 g/mol. The quantitative estimate of drug-likeness (QED) is 0.435. The third kappa shape index (κ3) is 3.32. The van der Waals surface area contributed by atoms with Crippen molar-refractivity contribution in [1.82, 2.24) is 0 Å². The normalized spacial score (nSPS) is 44.6. The zero-order valence-corrected chi connectivity index (χ0v) is 21.8. The second-order valence-electron chi connectivity index (χ2n) is 12.0. The van der Waals surface area contributed by atoms with E-state index in [0.29, 0.717) is 24.8 Å². The van der Waals surface area contributed by atoms with Gasteiger partial charge in [-0.15, -0.1) is 0 Å². The molecule has 3 fully saturated rings. The molecule has 0 heterocycles. The topological polar surface area (TPSA) is 101 Å². The Kier molecular flexibility index (Phi) is 6.10. The van der Waals surface area contributed by atoms with Crippen LogP contribution in [-0.4, -0.2) is 57.1 Å². The first-order valence-corrected chi connectivity index (χ1v) is 12.8. The van der Waals surface area contributed by atoms with E-state index in [1.165, 1.54) is 17.5 Å². The van der Waals surface area contributed by atoms with Crippen molar-refractivity contribution in [2.45, 2.75) is 77.7 Å². The number of allylic oxidation sites excluding steroid dienone is 4. The summed E-state index contributed by atoms with van der Waals surface area (Å²) in [6.45, 7) is 7.77. The lowest BCUT2D eigenvalue weighted by Gasteiger charge is -2.62. The Bertz CT molecular complexity index is 1050. The van der Waals surface area contributed by atoms with Gasteiger partial charge in [0.1, 0.15) is 5.60 Å². The van der Waals surface area contributed by atoms with E-state index in [0.717, 1.165) is 0 Å². The fourth-order valence-corrected chi connectivity index (χ4v) is 7.71. The van der Waals surface area contributed by atoms with E-state index in [9.17, 15) is 24.6 Å². The van der Waals surface area contributed by atoms with Gasteiger partial charge in [0.2, 0.25) is 5.78 Å². The predicted molar refractivity (Wildman–Crippen MR) is 131 cm³/mol. The maximum absolute atomic E-state index is 17.2. The molecular weight excluding hydrogens is 471 g/mol. The molecule has 0 aliphatic heterocycles. The number of thiocarbonyl (C=S) groups is 1. The number of ketones is 2. The molecule has 0 spiro atoms. The van der Waals surface area contributed by atoms with Gasteiger partial charge in [0.25, 0.3) is 0 Å². The number of carbonyl (C=O) groups is 3. The fourth-order valence-electron chi connectivity index (χ4n) is 7.62. The first-order chi connectivity index (χ1) is 16.1. The van der Waals surface area contributed by atoms with Crippen molar-refractivity contribution in [3.63, 3.8) is 0 Å². The summed E-state index contributed by atoms with van der Waals surface area (Å²) in [4.78, 5) is 37.8. The van der Waals surface area contributed by atoms with Crippen molar-refractivity contribution in [2.75, 3.05) is 6.61 Å². The van der Waals surface area contributed by atoms with Gasteiger partial charge in [0.05, 0.1) is 11.5 Å². The Morgan fingerprint density at radius 3 is 2.60 bits per heavy atom. The molecule has 8 heteroatoms. The largest absolute Gasteiger partial charge is 0.457 e. The molecule has 8 atom stereocenters. The second-order valence-corrected chi connectivity index (χ2v) is 12.2. The number of Topliss-reactive ketones (excluding diaryl/α,β-unsaturated/α-hetero) is 1. The van der Waals surface area contributed by atoms with Gasteiger partial charge in [-0.2, -0.15) is 0 Å². The predicted octanol–water partition coefficient (Wildman–Crippen LogP) is 3.47. The highest BCUT2D eigenvalue weighted by atomic mass is 32.1. The van der Waals surface area contributed by atoms with Crippen LogP contribution >= 0.6 is 12.2 Å². The van der Waals surface area contributed by atoms with E-state index in [-0.39, 0.29) is 18.1 Å². The molecule has 2 N–H and O–H groups in total. The Labute approximate surface area is 211 Å². The second kappa shape index (κ2) is 8.12. The molecule has 3 saturated carbocycles. The van der Waals surface area contributed by atoms with Gasteiger partial charge in [-0.3, -0.25) is 14.4 Å². The fraction of sp³-hybridized carbons (Fsp3) is 0.704. The number of fused-ring (bicyclic) bond motifs is 5. The minimum absolute atomic E-state index is 0.124. The van der Waals surface area contributed by atoms with E-state index >= 15 is 4.39 Å². The zero-order chi connectivity index (χ0) is 26.2. The highest BCUT2D eigenvalue weighted by molar-refractivity contribution is 7.79. The maximum Gasteiger partial charge on any atom is 0.316 e. The van der Waals surface area contributed by atoms with Crippen molar-refractivity contribution in [3.05, 3.63) is 23.8 Å². The molecule has 0 saturated heterocycles. The molecule has 0 radical (unpaired) electrons. The zero-order valence-electron chi connectivity index (χ0n) is 21.0. The third-order valence-electron chi connectivity index (χ3n) is 9.80. The third-order valence-corrected chi connectivity index (χ3v) is 10.4. The molecule has 4 rings (SSSR count). The van der Waals surface area contributed by atoms with Crippen LogP contribution in [-0.2, 0) is 19.1 Å². The number of hydrogen-bond donors (Lipinski definition) is 2. The summed E-state index contributed by atoms with van der Waals surface area (Å²) in [5.74, 6) is -3.01. The molecule has 0 aromatic rings. The van der Waals surface area contributed by atoms with E-state index < -0.39 is 63.8 Å². The lowest BCUT2D eigenvalue weighted by atomic mass is 9.44. The first-order valence-electron chi connectivity index (χ1n) is 12.3. The van der Waals surface area contributed by atoms with Crippen molar-refractivity contribution in [2.24, 2.45) is 34.0 Å². The van der Waals surface area contributed by atoms with E-state index in [1.54, 1.807) is 40.7 Å². The van der Waals surface area contributed by atoms with Gasteiger partial charge in [-0.1, -0.05) is 37.7 Å². The van der Waals surface area contributed by atoms with E-state index in [2.05, 4.69) is 0 Å². The summed E-state index contributed by atoms with van der Waals surface area (Å²) < 4.78 is 22.4. The number of aliphatic hydroxyl groups is 2. The first kappa shape index (κ1) is 26.3. The van der Waals surface area contributed by atoms with Gasteiger partial charge in [-0.25, -0.2) is 4.39 Å². The van der Waals surface area contributed by atoms with E-state index in [1.807, 2.05) is 0 Å². The summed E-state index contributed by atoms with van der Waals surface area (Å²) in [6.07, 6.45) is 4.15. The van der Waals surface area contributed by atoms with Crippen LogP contribution < -0.4 is 0 Å². The van der Waals surface area contributed by atoms with Crippen LogP contribution in [0.5, 0.6) is 0 Å². The smallest absolute Gasteiger partial charge is 0.316 e. The number of esters is 1.